The van der Waals surface area contributed by atoms with E-state index < -0.39 is 28.2 Å². The lowest BCUT2D eigenvalue weighted by Gasteiger charge is -2.32. The fourth-order valence-electron chi connectivity index (χ4n) is 3.00. The lowest BCUT2D eigenvalue weighted by molar-refractivity contribution is -0.115. The highest BCUT2D eigenvalue weighted by Gasteiger charge is 2.51. The van der Waals surface area contributed by atoms with Gasteiger partial charge in [0.1, 0.15) is 0 Å². The van der Waals surface area contributed by atoms with E-state index in [-0.39, 0.29) is 17.2 Å². The van der Waals surface area contributed by atoms with Crippen molar-refractivity contribution in [3.8, 4) is 0 Å². The third-order valence-corrected chi connectivity index (χ3v) is 6.54. The van der Waals surface area contributed by atoms with Gasteiger partial charge >= 0.3 is 7.12 Å². The van der Waals surface area contributed by atoms with E-state index in [4.69, 9.17) is 9.31 Å². The highest BCUT2D eigenvalue weighted by atomic mass is 32.2. The molecule has 0 spiro atoms. The summed E-state index contributed by atoms with van der Waals surface area (Å²) in [4.78, 5) is 12.6. The van der Waals surface area contributed by atoms with Gasteiger partial charge < -0.3 is 14.6 Å². The van der Waals surface area contributed by atoms with Gasteiger partial charge in [-0.3, -0.25) is 4.79 Å². The molecule has 6 nitrogen and oxygen atoms in total. The maximum absolute atomic E-state index is 12.4. The summed E-state index contributed by atoms with van der Waals surface area (Å²) in [6.07, 6.45) is 1.33. The number of anilines is 1. The minimum absolute atomic E-state index is 0.182. The van der Waals surface area contributed by atoms with Gasteiger partial charge in [-0.05, 0) is 63.0 Å². The highest BCUT2D eigenvalue weighted by molar-refractivity contribution is 7.90. The molecular weight excluding hydrogens is 389 g/mol. The van der Waals surface area contributed by atoms with Crippen LogP contribution in [0.15, 0.2) is 53.4 Å². The second-order valence-electron chi connectivity index (χ2n) is 8.35. The van der Waals surface area contributed by atoms with Gasteiger partial charge in [0.2, 0.25) is 5.91 Å². The molecule has 1 heterocycles. The third kappa shape index (κ3) is 4.89. The maximum atomic E-state index is 12.4. The molecule has 2 aromatic rings. The largest absolute Gasteiger partial charge is 0.494 e. The molecule has 3 rings (SSSR count). The summed E-state index contributed by atoms with van der Waals surface area (Å²) >= 11 is 0. The Bertz CT molecular complexity index is 1000. The highest BCUT2D eigenvalue weighted by Crippen LogP contribution is 2.36. The number of carbonyl (C=O) groups excluding carboxylic acids is 1. The first-order chi connectivity index (χ1) is 13.4. The number of hydrogen-bond donors (Lipinski definition) is 1. The number of sulfone groups is 1. The van der Waals surface area contributed by atoms with Crippen LogP contribution >= 0.6 is 0 Å². The van der Waals surface area contributed by atoms with Gasteiger partial charge in [-0.1, -0.05) is 24.3 Å². The molecule has 1 fully saturated rings. The van der Waals surface area contributed by atoms with Gasteiger partial charge in [-0.15, -0.1) is 0 Å². The van der Waals surface area contributed by atoms with Crippen LogP contribution in [-0.2, 0) is 30.4 Å². The molecule has 0 atom stereocenters. The van der Waals surface area contributed by atoms with Crippen LogP contribution in [0, 0.1) is 0 Å². The molecule has 0 saturated carbocycles. The van der Waals surface area contributed by atoms with Gasteiger partial charge in [0, 0.05) is 11.9 Å². The number of amides is 1. The number of nitrogens with one attached hydrogen (secondary N) is 1. The van der Waals surface area contributed by atoms with Crippen molar-refractivity contribution in [2.75, 3.05) is 11.6 Å². The van der Waals surface area contributed by atoms with Crippen LogP contribution in [0.2, 0.25) is 0 Å². The first-order valence-electron chi connectivity index (χ1n) is 9.42. The SMILES string of the molecule is CC1(C)OB(c2cccc(CC(=O)Nc3ccc(S(C)(=O)=O)cc3)c2)OC1(C)C. The Morgan fingerprint density at radius 3 is 2.14 bits per heavy atom. The van der Waals surface area contributed by atoms with Crippen molar-refractivity contribution >= 4 is 34.0 Å². The third-order valence-electron chi connectivity index (χ3n) is 5.41. The summed E-state index contributed by atoms with van der Waals surface area (Å²) in [6, 6.07) is 13.7. The summed E-state index contributed by atoms with van der Waals surface area (Å²) in [6.45, 7) is 8.00. The van der Waals surface area contributed by atoms with E-state index in [0.717, 1.165) is 17.3 Å². The van der Waals surface area contributed by atoms with Crippen LogP contribution in [0.1, 0.15) is 33.3 Å². The van der Waals surface area contributed by atoms with Crippen molar-refractivity contribution in [2.24, 2.45) is 0 Å². The van der Waals surface area contributed by atoms with Crippen LogP contribution in [0.3, 0.4) is 0 Å². The molecule has 0 bridgehead atoms. The van der Waals surface area contributed by atoms with Gasteiger partial charge in [-0.2, -0.15) is 0 Å². The topological polar surface area (TPSA) is 81.7 Å². The predicted molar refractivity (Wildman–Crippen MR) is 114 cm³/mol. The zero-order chi connectivity index (χ0) is 21.4. The Labute approximate surface area is 172 Å². The predicted octanol–water partition coefficient (Wildman–Crippen LogP) is 2.57. The zero-order valence-electron chi connectivity index (χ0n) is 17.4. The average molecular weight is 415 g/mol. The number of benzene rings is 2. The molecule has 0 unspecified atom stereocenters. The van der Waals surface area contributed by atoms with E-state index in [1.807, 2.05) is 52.0 Å². The normalized spacial score (nSPS) is 17.9. The van der Waals surface area contributed by atoms with Gasteiger partial charge in [0.15, 0.2) is 9.84 Å². The summed E-state index contributed by atoms with van der Waals surface area (Å²) in [7, 11) is -3.74. The van der Waals surface area contributed by atoms with Gasteiger partial charge in [0.25, 0.3) is 0 Å². The molecule has 1 N–H and O–H groups in total. The Balaban J connectivity index is 1.67. The van der Waals surface area contributed by atoms with Crippen LogP contribution < -0.4 is 10.8 Å². The van der Waals surface area contributed by atoms with E-state index in [0.29, 0.717) is 5.69 Å². The lowest BCUT2D eigenvalue weighted by atomic mass is 9.78. The molecule has 2 aromatic carbocycles. The molecular formula is C21H26BNO5S. The quantitative estimate of drug-likeness (QED) is 0.760. The minimum Gasteiger partial charge on any atom is -0.399 e. The second kappa shape index (κ2) is 7.59. The molecule has 0 radical (unpaired) electrons. The first kappa shape index (κ1) is 21.6. The van der Waals surface area contributed by atoms with Crippen LogP contribution in [0.25, 0.3) is 0 Å². The van der Waals surface area contributed by atoms with Crippen LogP contribution in [-0.4, -0.2) is 38.9 Å². The monoisotopic (exact) mass is 415 g/mol. The lowest BCUT2D eigenvalue weighted by Crippen LogP contribution is -2.41. The Hall–Kier alpha value is -2.16. The van der Waals surface area contributed by atoms with Crippen molar-refractivity contribution in [3.63, 3.8) is 0 Å². The van der Waals surface area contributed by atoms with Gasteiger partial charge in [-0.25, -0.2) is 8.42 Å². The zero-order valence-corrected chi connectivity index (χ0v) is 18.2. The van der Waals surface area contributed by atoms with Crippen LogP contribution in [0.5, 0.6) is 0 Å². The van der Waals surface area contributed by atoms with E-state index in [1.54, 1.807) is 12.1 Å². The van der Waals surface area contributed by atoms with Crippen molar-refractivity contribution in [1.82, 2.24) is 0 Å². The molecule has 1 aliphatic heterocycles. The van der Waals surface area contributed by atoms with Crippen molar-refractivity contribution in [3.05, 3.63) is 54.1 Å². The van der Waals surface area contributed by atoms with Gasteiger partial charge in [0.05, 0.1) is 22.5 Å². The van der Waals surface area contributed by atoms with E-state index in [2.05, 4.69) is 5.32 Å². The smallest absolute Gasteiger partial charge is 0.399 e. The molecule has 1 saturated heterocycles. The minimum atomic E-state index is -3.26. The molecule has 8 heteroatoms. The van der Waals surface area contributed by atoms with E-state index >= 15 is 0 Å². The number of hydrogen-bond acceptors (Lipinski definition) is 5. The maximum Gasteiger partial charge on any atom is 0.494 e. The van der Waals surface area contributed by atoms with Crippen LogP contribution in [0.4, 0.5) is 5.69 Å². The summed E-state index contributed by atoms with van der Waals surface area (Å²) in [5, 5.41) is 2.79. The Kier molecular flexibility index (Phi) is 5.64. The van der Waals surface area contributed by atoms with E-state index in [9.17, 15) is 13.2 Å². The number of rotatable bonds is 5. The second-order valence-corrected chi connectivity index (χ2v) is 10.4. The fraction of sp³-hybridized carbons (Fsp3) is 0.381. The average Bonchev–Trinajstić information content (AvgIpc) is 2.82. The molecule has 0 aromatic heterocycles. The summed E-state index contributed by atoms with van der Waals surface area (Å²) in [5.41, 5.74) is 1.39. The standard InChI is InChI=1S/C21H26BNO5S/c1-20(2)21(3,4)28-22(27-20)16-8-6-7-15(13-16)14-19(24)23-17-9-11-18(12-10-17)29(5,25)26/h6-13H,14H2,1-5H3,(H,23,24). The molecule has 29 heavy (non-hydrogen) atoms. The molecule has 0 aliphatic carbocycles. The molecule has 1 amide bonds. The Morgan fingerprint density at radius 1 is 1.00 bits per heavy atom. The Morgan fingerprint density at radius 2 is 1.59 bits per heavy atom. The fourth-order valence-corrected chi connectivity index (χ4v) is 3.64. The molecule has 154 valence electrons. The summed E-state index contributed by atoms with van der Waals surface area (Å²) < 4.78 is 35.2. The van der Waals surface area contributed by atoms with Crippen molar-refractivity contribution in [2.45, 2.75) is 50.2 Å². The molecule has 1 aliphatic rings. The first-order valence-corrected chi connectivity index (χ1v) is 11.3. The van der Waals surface area contributed by atoms with Crippen molar-refractivity contribution < 1.29 is 22.5 Å². The summed E-state index contributed by atoms with van der Waals surface area (Å²) in [5.74, 6) is -0.192. The van der Waals surface area contributed by atoms with Crippen molar-refractivity contribution in [1.29, 1.82) is 0 Å². The van der Waals surface area contributed by atoms with E-state index in [1.165, 1.54) is 12.1 Å². The number of carbonyl (C=O) groups is 1.